The highest BCUT2D eigenvalue weighted by molar-refractivity contribution is 14.1. The predicted octanol–water partition coefficient (Wildman–Crippen LogP) is 2.53. The Kier molecular flexibility index (Phi) is 8.10. The SMILES string of the molecule is I.ICCN1CCCCC1. The molecule has 0 unspecified atom stereocenters. The summed E-state index contributed by atoms with van der Waals surface area (Å²) in [6.07, 6.45) is 4.31. The second-order valence-corrected chi connectivity index (χ2v) is 3.67. The van der Waals surface area contributed by atoms with Gasteiger partial charge in [-0.1, -0.05) is 29.0 Å². The van der Waals surface area contributed by atoms with Crippen molar-refractivity contribution in [1.29, 1.82) is 0 Å². The smallest absolute Gasteiger partial charge is 0.0123 e. The molecule has 1 rings (SSSR count). The van der Waals surface area contributed by atoms with Gasteiger partial charge in [0.15, 0.2) is 0 Å². The van der Waals surface area contributed by atoms with Crippen LogP contribution < -0.4 is 0 Å². The molecule has 0 amide bonds. The van der Waals surface area contributed by atoms with Crippen molar-refractivity contribution >= 4 is 46.6 Å². The Balaban J connectivity index is 0.000000810. The summed E-state index contributed by atoms with van der Waals surface area (Å²) in [6.45, 7) is 4.01. The molecule has 1 aliphatic rings. The van der Waals surface area contributed by atoms with Crippen LogP contribution >= 0.6 is 46.6 Å². The van der Waals surface area contributed by atoms with Crippen LogP contribution in [-0.2, 0) is 0 Å². The molecule has 3 heteroatoms. The molecule has 1 nitrogen and oxygen atoms in total. The lowest BCUT2D eigenvalue weighted by Crippen LogP contribution is -2.31. The second kappa shape index (κ2) is 7.09. The molecule has 62 valence electrons. The Labute approximate surface area is 94.1 Å². The molecule has 0 N–H and O–H groups in total. The zero-order chi connectivity index (χ0) is 6.53. The van der Waals surface area contributed by atoms with Crippen LogP contribution in [0, 0.1) is 0 Å². The van der Waals surface area contributed by atoms with Crippen molar-refractivity contribution in [2.24, 2.45) is 0 Å². The number of hydrogen-bond acceptors (Lipinski definition) is 1. The van der Waals surface area contributed by atoms with Crippen LogP contribution in [0.1, 0.15) is 19.3 Å². The van der Waals surface area contributed by atoms with E-state index >= 15 is 0 Å². The van der Waals surface area contributed by atoms with Crippen molar-refractivity contribution in [3.05, 3.63) is 0 Å². The first kappa shape index (κ1) is 11.4. The highest BCUT2D eigenvalue weighted by Crippen LogP contribution is 2.07. The molecule has 0 spiro atoms. The van der Waals surface area contributed by atoms with E-state index in [0.29, 0.717) is 0 Å². The highest BCUT2D eigenvalue weighted by Gasteiger charge is 2.07. The van der Waals surface area contributed by atoms with Crippen LogP contribution in [0.15, 0.2) is 0 Å². The molecule has 1 aliphatic heterocycles. The molecule has 0 aromatic heterocycles. The van der Waals surface area contributed by atoms with Crippen LogP contribution in [0.3, 0.4) is 0 Å². The molecule has 0 saturated carbocycles. The van der Waals surface area contributed by atoms with E-state index in [0.717, 1.165) is 0 Å². The fourth-order valence-electron chi connectivity index (χ4n) is 1.30. The van der Waals surface area contributed by atoms with Crippen molar-refractivity contribution < 1.29 is 0 Å². The summed E-state index contributed by atoms with van der Waals surface area (Å²) in [5.41, 5.74) is 0. The summed E-state index contributed by atoms with van der Waals surface area (Å²) in [7, 11) is 0. The predicted molar refractivity (Wildman–Crippen MR) is 64.6 cm³/mol. The summed E-state index contributed by atoms with van der Waals surface area (Å²) in [6, 6.07) is 0. The fraction of sp³-hybridized carbons (Fsp3) is 1.00. The fourth-order valence-corrected chi connectivity index (χ4v) is 1.98. The minimum atomic E-state index is 0. The number of likely N-dealkylation sites (tertiary alicyclic amines) is 1. The van der Waals surface area contributed by atoms with Crippen LogP contribution in [-0.4, -0.2) is 29.0 Å². The van der Waals surface area contributed by atoms with E-state index in [4.69, 9.17) is 0 Å². The van der Waals surface area contributed by atoms with Crippen molar-refractivity contribution in [3.8, 4) is 0 Å². The summed E-state index contributed by atoms with van der Waals surface area (Å²) in [4.78, 5) is 2.57. The Morgan fingerprint density at radius 3 is 2.20 bits per heavy atom. The summed E-state index contributed by atoms with van der Waals surface area (Å²) >= 11 is 2.45. The number of piperidine rings is 1. The molecule has 0 radical (unpaired) electrons. The first-order valence-corrected chi connectivity index (χ1v) is 5.24. The van der Waals surface area contributed by atoms with Gasteiger partial charge in [0.2, 0.25) is 0 Å². The van der Waals surface area contributed by atoms with Gasteiger partial charge in [-0.25, -0.2) is 0 Å². The third-order valence-corrected chi connectivity index (χ3v) is 2.33. The molecule has 1 fully saturated rings. The molecule has 1 heterocycles. The van der Waals surface area contributed by atoms with E-state index in [1.165, 1.54) is 43.3 Å². The zero-order valence-electron chi connectivity index (χ0n) is 6.18. The van der Waals surface area contributed by atoms with Crippen molar-refractivity contribution in [3.63, 3.8) is 0 Å². The standard InChI is InChI=1S/C7H14IN.HI/c8-4-7-9-5-2-1-3-6-9;/h1-7H2;1H. The maximum atomic E-state index is 2.57. The Bertz CT molecular complexity index is 69.3. The van der Waals surface area contributed by atoms with Crippen molar-refractivity contribution in [2.45, 2.75) is 19.3 Å². The lowest BCUT2D eigenvalue weighted by molar-refractivity contribution is 0.243. The Morgan fingerprint density at radius 2 is 1.70 bits per heavy atom. The van der Waals surface area contributed by atoms with Crippen molar-refractivity contribution in [2.75, 3.05) is 24.1 Å². The summed E-state index contributed by atoms with van der Waals surface area (Å²) < 4.78 is 1.29. The Morgan fingerprint density at radius 1 is 1.10 bits per heavy atom. The zero-order valence-corrected chi connectivity index (χ0v) is 10.7. The van der Waals surface area contributed by atoms with Crippen molar-refractivity contribution in [1.82, 2.24) is 4.90 Å². The summed E-state index contributed by atoms with van der Waals surface area (Å²) in [5.74, 6) is 0. The third-order valence-electron chi connectivity index (χ3n) is 1.85. The second-order valence-electron chi connectivity index (χ2n) is 2.59. The van der Waals surface area contributed by atoms with E-state index in [-0.39, 0.29) is 24.0 Å². The molecule has 0 aromatic rings. The van der Waals surface area contributed by atoms with Crippen LogP contribution in [0.4, 0.5) is 0 Å². The molecule has 0 aliphatic carbocycles. The molecule has 0 aromatic carbocycles. The Hall–Kier alpha value is 1.42. The quantitative estimate of drug-likeness (QED) is 0.536. The molecule has 10 heavy (non-hydrogen) atoms. The number of hydrogen-bond donors (Lipinski definition) is 0. The summed E-state index contributed by atoms with van der Waals surface area (Å²) in [5, 5.41) is 0. The number of rotatable bonds is 2. The number of nitrogens with zero attached hydrogens (tertiary/aromatic N) is 1. The van der Waals surface area contributed by atoms with Gasteiger partial charge in [0, 0.05) is 11.0 Å². The van der Waals surface area contributed by atoms with Gasteiger partial charge in [0.1, 0.15) is 0 Å². The maximum Gasteiger partial charge on any atom is 0.0123 e. The van der Waals surface area contributed by atoms with Gasteiger partial charge in [0.05, 0.1) is 0 Å². The van der Waals surface area contributed by atoms with Gasteiger partial charge < -0.3 is 4.90 Å². The third kappa shape index (κ3) is 4.33. The van der Waals surface area contributed by atoms with E-state index in [1.54, 1.807) is 0 Å². The van der Waals surface area contributed by atoms with E-state index < -0.39 is 0 Å². The van der Waals surface area contributed by atoms with E-state index in [1.807, 2.05) is 0 Å². The largest absolute Gasteiger partial charge is 0.303 e. The average Bonchev–Trinajstić information content (AvgIpc) is 1.91. The highest BCUT2D eigenvalue weighted by atomic mass is 127. The molecular formula is C7H15I2N. The first-order chi connectivity index (χ1) is 4.43. The minimum Gasteiger partial charge on any atom is -0.303 e. The monoisotopic (exact) mass is 367 g/mol. The van der Waals surface area contributed by atoms with E-state index in [9.17, 15) is 0 Å². The topological polar surface area (TPSA) is 3.24 Å². The normalized spacial score (nSPS) is 20.1. The van der Waals surface area contributed by atoms with Gasteiger partial charge in [-0.3, -0.25) is 0 Å². The van der Waals surface area contributed by atoms with Gasteiger partial charge in [-0.2, -0.15) is 0 Å². The molecule has 0 bridgehead atoms. The average molecular weight is 367 g/mol. The minimum absolute atomic E-state index is 0. The van der Waals surface area contributed by atoms with Crippen LogP contribution in [0.25, 0.3) is 0 Å². The maximum absolute atomic E-state index is 2.57. The number of halogens is 2. The van der Waals surface area contributed by atoms with Crippen LogP contribution in [0.2, 0.25) is 0 Å². The van der Waals surface area contributed by atoms with Gasteiger partial charge >= 0.3 is 0 Å². The molecule has 0 atom stereocenters. The lowest BCUT2D eigenvalue weighted by Gasteiger charge is -2.25. The first-order valence-electron chi connectivity index (χ1n) is 3.72. The van der Waals surface area contributed by atoms with Crippen LogP contribution in [0.5, 0.6) is 0 Å². The van der Waals surface area contributed by atoms with Gasteiger partial charge in [0.25, 0.3) is 0 Å². The van der Waals surface area contributed by atoms with Gasteiger partial charge in [-0.15, -0.1) is 24.0 Å². The van der Waals surface area contributed by atoms with E-state index in [2.05, 4.69) is 27.5 Å². The number of alkyl halides is 1. The molecular weight excluding hydrogens is 352 g/mol. The lowest BCUT2D eigenvalue weighted by atomic mass is 10.1. The molecule has 1 saturated heterocycles. The van der Waals surface area contributed by atoms with Gasteiger partial charge in [-0.05, 0) is 25.9 Å².